The molecule has 3 aromatic carbocycles. The normalized spacial score (nSPS) is 13.0. The average molecular weight is 559 g/mol. The molecule has 0 aromatic heterocycles. The number of nitrogens with two attached hydrogens (primary N) is 1. The first-order valence-electron chi connectivity index (χ1n) is 9.13. The lowest BCUT2D eigenvalue weighted by Gasteiger charge is -2.15. The van der Waals surface area contributed by atoms with E-state index < -0.39 is 59.0 Å². The molecule has 0 unspecified atom stereocenters. The topological polar surface area (TPSA) is 106 Å². The van der Waals surface area contributed by atoms with Crippen LogP contribution in [-0.4, -0.2) is 16.8 Å². The fourth-order valence-electron chi connectivity index (χ4n) is 2.97. The third-order valence-corrected chi connectivity index (χ3v) is 7.33. The molecule has 6 nitrogen and oxygen atoms in total. The van der Waals surface area contributed by atoms with Crippen molar-refractivity contribution in [2.24, 2.45) is 5.14 Å². The van der Waals surface area contributed by atoms with Crippen molar-refractivity contribution in [2.45, 2.75) is 22.1 Å². The highest BCUT2D eigenvalue weighted by atomic mass is 35.5. The van der Waals surface area contributed by atoms with Crippen LogP contribution in [0, 0.1) is 0 Å². The van der Waals surface area contributed by atoms with E-state index in [1.807, 2.05) is 0 Å². The van der Waals surface area contributed by atoms with E-state index in [0.717, 1.165) is 30.3 Å². The minimum absolute atomic E-state index is 0.0382. The fraction of sp³-hybridized carbons (Fsp3) is 0.100. The predicted molar refractivity (Wildman–Crippen MR) is 116 cm³/mol. The van der Waals surface area contributed by atoms with Crippen molar-refractivity contribution in [3.8, 4) is 11.1 Å². The van der Waals surface area contributed by atoms with Gasteiger partial charge in [-0.3, -0.25) is 4.72 Å². The van der Waals surface area contributed by atoms with Crippen LogP contribution in [0.3, 0.4) is 0 Å². The van der Waals surface area contributed by atoms with Crippen molar-refractivity contribution < 1.29 is 43.2 Å². The summed E-state index contributed by atoms with van der Waals surface area (Å²) < 4.78 is 129. The maximum absolute atomic E-state index is 13.1. The molecule has 0 saturated heterocycles. The van der Waals surface area contributed by atoms with Gasteiger partial charge in [0.2, 0.25) is 10.0 Å². The zero-order valence-electron chi connectivity index (χ0n) is 16.9. The number of halogens is 7. The maximum atomic E-state index is 13.1. The largest absolute Gasteiger partial charge is 0.416 e. The molecule has 0 radical (unpaired) electrons. The molecule has 3 N–H and O–H groups in total. The van der Waals surface area contributed by atoms with Crippen LogP contribution in [0.15, 0.2) is 70.5 Å². The van der Waals surface area contributed by atoms with Crippen LogP contribution in [-0.2, 0) is 32.4 Å². The van der Waals surface area contributed by atoms with Gasteiger partial charge >= 0.3 is 12.4 Å². The van der Waals surface area contributed by atoms with Gasteiger partial charge in [-0.2, -0.15) is 26.3 Å². The van der Waals surface area contributed by atoms with Gasteiger partial charge in [-0.25, -0.2) is 22.0 Å². The highest BCUT2D eigenvalue weighted by Gasteiger charge is 2.37. The van der Waals surface area contributed by atoms with E-state index in [2.05, 4.69) is 4.72 Å². The summed E-state index contributed by atoms with van der Waals surface area (Å²) in [5.74, 6) is 0. The van der Waals surface area contributed by atoms with E-state index in [1.54, 1.807) is 0 Å². The Bertz CT molecular complexity index is 1470. The van der Waals surface area contributed by atoms with Gasteiger partial charge in [0, 0.05) is 0 Å². The molecule has 0 saturated carbocycles. The molecule has 3 aromatic rings. The number of rotatable bonds is 5. The van der Waals surface area contributed by atoms with Gasteiger partial charge in [-0.15, -0.1) is 0 Å². The number of nitrogens with one attached hydrogen (secondary N) is 1. The molecule has 15 heteroatoms. The number of anilines is 1. The van der Waals surface area contributed by atoms with Crippen molar-refractivity contribution >= 4 is 37.3 Å². The highest BCUT2D eigenvalue weighted by Crippen LogP contribution is 2.39. The van der Waals surface area contributed by atoms with E-state index in [1.165, 1.54) is 12.1 Å². The van der Waals surface area contributed by atoms with Gasteiger partial charge in [0.15, 0.2) is 0 Å². The number of alkyl halides is 6. The first-order valence-corrected chi connectivity index (χ1v) is 12.5. The molecule has 0 aliphatic carbocycles. The summed E-state index contributed by atoms with van der Waals surface area (Å²) in [6.07, 6.45) is -10.1. The molecule has 0 atom stereocenters. The quantitative estimate of drug-likeness (QED) is 0.404. The molecule has 0 aliphatic heterocycles. The number of hydrogen-bond donors (Lipinski definition) is 2. The first-order chi connectivity index (χ1) is 15.9. The van der Waals surface area contributed by atoms with E-state index >= 15 is 0 Å². The van der Waals surface area contributed by atoms with Crippen LogP contribution in [0.25, 0.3) is 11.1 Å². The van der Waals surface area contributed by atoms with E-state index in [-0.39, 0.29) is 22.2 Å². The Labute approximate surface area is 200 Å². The Hall–Kier alpha value is -2.81. The van der Waals surface area contributed by atoms with E-state index in [4.69, 9.17) is 16.7 Å². The van der Waals surface area contributed by atoms with Gasteiger partial charge in [-0.05, 0) is 59.7 Å². The minimum Gasteiger partial charge on any atom is -0.280 e. The van der Waals surface area contributed by atoms with Crippen molar-refractivity contribution in [3.05, 3.63) is 76.8 Å². The minimum atomic E-state index is -5.07. The molecule has 0 amide bonds. The van der Waals surface area contributed by atoms with Crippen LogP contribution in [0.4, 0.5) is 32.0 Å². The monoisotopic (exact) mass is 558 g/mol. The van der Waals surface area contributed by atoms with Crippen molar-refractivity contribution in [1.29, 1.82) is 0 Å². The summed E-state index contributed by atoms with van der Waals surface area (Å²) in [6.45, 7) is 0. The highest BCUT2D eigenvalue weighted by molar-refractivity contribution is 7.92. The SMILES string of the molecule is NS(=O)(=O)c1cccc(NS(=O)(=O)c2ccc(-c3cc(C(F)(F)F)cc(C(F)(F)F)c3)cc2Cl)c1. The summed E-state index contributed by atoms with van der Waals surface area (Å²) in [6, 6.07) is 8.18. The van der Waals surface area contributed by atoms with Crippen LogP contribution in [0.1, 0.15) is 11.1 Å². The van der Waals surface area contributed by atoms with Gasteiger partial charge < -0.3 is 0 Å². The lowest BCUT2D eigenvalue weighted by molar-refractivity contribution is -0.143. The number of sulfonamides is 2. The first kappa shape index (κ1) is 26.8. The van der Waals surface area contributed by atoms with Crippen LogP contribution >= 0.6 is 11.6 Å². The Kier molecular flexibility index (Phi) is 6.89. The molecular formula is C20H13ClF6N2O4S2. The number of hydrogen-bond acceptors (Lipinski definition) is 4. The summed E-state index contributed by atoms with van der Waals surface area (Å²) in [7, 11) is -8.58. The van der Waals surface area contributed by atoms with E-state index in [0.29, 0.717) is 12.1 Å². The fourth-order valence-corrected chi connectivity index (χ4v) is 5.12. The van der Waals surface area contributed by atoms with Crippen LogP contribution in [0.5, 0.6) is 0 Å². The van der Waals surface area contributed by atoms with Crippen molar-refractivity contribution in [1.82, 2.24) is 0 Å². The maximum Gasteiger partial charge on any atom is 0.416 e. The lowest BCUT2D eigenvalue weighted by Crippen LogP contribution is -2.15. The predicted octanol–water partition coefficient (Wildman–Crippen LogP) is 5.49. The number of benzene rings is 3. The Balaban J connectivity index is 2.03. The van der Waals surface area contributed by atoms with Crippen LogP contribution < -0.4 is 9.86 Å². The smallest absolute Gasteiger partial charge is 0.280 e. The lowest BCUT2D eigenvalue weighted by atomic mass is 9.99. The molecule has 0 spiro atoms. The standard InChI is InChI=1S/C20H13ClF6N2O4S2/c21-17-8-11(12-6-13(19(22,23)24)9-14(7-12)20(25,26)27)4-5-18(17)35(32,33)29-15-2-1-3-16(10-15)34(28,30)31/h1-10,29H,(H2,28,30,31). The molecular weight excluding hydrogens is 546 g/mol. The third kappa shape index (κ3) is 6.25. The second-order valence-electron chi connectivity index (χ2n) is 7.12. The summed E-state index contributed by atoms with van der Waals surface area (Å²) in [5, 5.41) is 4.49. The molecule has 0 fully saturated rings. The molecule has 0 bridgehead atoms. The van der Waals surface area contributed by atoms with Gasteiger partial charge in [0.1, 0.15) is 4.90 Å². The Morgan fingerprint density at radius 1 is 0.743 bits per heavy atom. The van der Waals surface area contributed by atoms with Crippen molar-refractivity contribution in [2.75, 3.05) is 4.72 Å². The Morgan fingerprint density at radius 2 is 1.31 bits per heavy atom. The second kappa shape index (κ2) is 9.00. The van der Waals surface area contributed by atoms with Gasteiger partial charge in [0.05, 0.1) is 26.7 Å². The second-order valence-corrected chi connectivity index (χ2v) is 10.7. The summed E-state index contributed by atoms with van der Waals surface area (Å²) in [4.78, 5) is -0.948. The summed E-state index contributed by atoms with van der Waals surface area (Å²) >= 11 is 6.01. The summed E-state index contributed by atoms with van der Waals surface area (Å²) in [5.41, 5.74) is -3.99. The zero-order valence-corrected chi connectivity index (χ0v) is 19.3. The Morgan fingerprint density at radius 3 is 1.80 bits per heavy atom. The van der Waals surface area contributed by atoms with Gasteiger partial charge in [0.25, 0.3) is 10.0 Å². The molecule has 3 rings (SSSR count). The molecule has 35 heavy (non-hydrogen) atoms. The van der Waals surface area contributed by atoms with Crippen LogP contribution in [0.2, 0.25) is 5.02 Å². The van der Waals surface area contributed by atoms with Gasteiger partial charge in [-0.1, -0.05) is 23.7 Å². The zero-order chi connectivity index (χ0) is 26.4. The third-order valence-electron chi connectivity index (χ3n) is 4.56. The van der Waals surface area contributed by atoms with E-state index in [9.17, 15) is 43.2 Å². The molecule has 0 heterocycles. The van der Waals surface area contributed by atoms with Crippen molar-refractivity contribution in [3.63, 3.8) is 0 Å². The molecule has 188 valence electrons. The average Bonchev–Trinajstić information content (AvgIpc) is 2.71. The molecule has 0 aliphatic rings. The number of primary sulfonamides is 1.